The van der Waals surface area contributed by atoms with Crippen molar-refractivity contribution in [1.29, 1.82) is 0 Å². The van der Waals surface area contributed by atoms with Crippen LogP contribution in [-0.4, -0.2) is 40.6 Å². The van der Waals surface area contributed by atoms with Crippen LogP contribution in [0.1, 0.15) is 32.0 Å². The molecule has 8 nitrogen and oxygen atoms in total. The van der Waals surface area contributed by atoms with Crippen molar-refractivity contribution in [2.45, 2.75) is 12.5 Å². The van der Waals surface area contributed by atoms with Crippen LogP contribution in [0.4, 0.5) is 16.2 Å². The van der Waals surface area contributed by atoms with E-state index < -0.39 is 12.1 Å². The predicted octanol–water partition coefficient (Wildman–Crippen LogP) is 3.61. The number of rotatable bonds is 4. The first-order valence-electron chi connectivity index (χ1n) is 9.27. The Morgan fingerprint density at radius 1 is 1.27 bits per heavy atom. The molecule has 154 valence electrons. The summed E-state index contributed by atoms with van der Waals surface area (Å²) in [7, 11) is 1.56. The molecule has 0 radical (unpaired) electrons. The number of benzene rings is 2. The van der Waals surface area contributed by atoms with Crippen LogP contribution in [0.5, 0.6) is 5.75 Å². The van der Waals surface area contributed by atoms with Gasteiger partial charge in [0.1, 0.15) is 5.75 Å². The Balaban J connectivity index is 1.71. The van der Waals surface area contributed by atoms with Crippen LogP contribution < -0.4 is 15.8 Å². The maximum atomic E-state index is 12.8. The molecule has 1 aliphatic heterocycles. The summed E-state index contributed by atoms with van der Waals surface area (Å²) in [6, 6.07) is 13.7. The molecule has 4 rings (SSSR count). The maximum absolute atomic E-state index is 12.8. The van der Waals surface area contributed by atoms with Crippen LogP contribution in [0.15, 0.2) is 48.5 Å². The molecule has 1 atom stereocenters. The minimum absolute atomic E-state index is 0.267. The molecule has 0 saturated carbocycles. The van der Waals surface area contributed by atoms with E-state index in [0.717, 1.165) is 16.1 Å². The molecule has 0 fully saturated rings. The Kier molecular flexibility index (Phi) is 5.28. The van der Waals surface area contributed by atoms with Crippen molar-refractivity contribution >= 4 is 34.7 Å². The summed E-state index contributed by atoms with van der Waals surface area (Å²) < 4.78 is 5.30. The van der Waals surface area contributed by atoms with Crippen molar-refractivity contribution in [2.24, 2.45) is 0 Å². The van der Waals surface area contributed by atoms with Crippen molar-refractivity contribution in [3.63, 3.8) is 0 Å². The summed E-state index contributed by atoms with van der Waals surface area (Å²) in [6.45, 7) is 0.292. The Morgan fingerprint density at radius 2 is 2.07 bits per heavy atom. The molecule has 0 aliphatic carbocycles. The highest BCUT2D eigenvalue weighted by molar-refractivity contribution is 7.14. The zero-order valence-corrected chi connectivity index (χ0v) is 17.0. The lowest BCUT2D eigenvalue weighted by Crippen LogP contribution is -2.39. The van der Waals surface area contributed by atoms with E-state index in [9.17, 15) is 14.7 Å². The van der Waals surface area contributed by atoms with Crippen LogP contribution in [0, 0.1) is 0 Å². The topological polar surface area (TPSA) is 118 Å². The van der Waals surface area contributed by atoms with Gasteiger partial charge >= 0.3 is 6.09 Å². The van der Waals surface area contributed by atoms with E-state index in [1.54, 1.807) is 43.5 Å². The number of anilines is 2. The minimum atomic E-state index is -1.02. The molecule has 30 heavy (non-hydrogen) atoms. The molecule has 1 aliphatic rings. The lowest BCUT2D eigenvalue weighted by Gasteiger charge is -2.33. The molecule has 2 heterocycles. The fourth-order valence-corrected chi connectivity index (χ4v) is 4.63. The number of thiazole rings is 1. The number of nitrogens with two attached hydrogens (primary N) is 1. The highest BCUT2D eigenvalue weighted by Gasteiger charge is 2.36. The standard InChI is InChI=1S/C21H20N4O4S/c1-29-13-6-4-5-12(11-13)17-18-16(9-10-25(17)21(27)28)24-20(30-18)19(26)23-15-8-3-2-7-14(15)22/h2-8,11,17H,9-10,22H2,1H3,(H,23,26)(H,27,28). The molecular weight excluding hydrogens is 404 g/mol. The van der Waals surface area contributed by atoms with E-state index in [2.05, 4.69) is 10.3 Å². The highest BCUT2D eigenvalue weighted by Crippen LogP contribution is 2.39. The van der Waals surface area contributed by atoms with Gasteiger partial charge in [-0.3, -0.25) is 9.69 Å². The number of nitrogens with one attached hydrogen (secondary N) is 1. The summed E-state index contributed by atoms with van der Waals surface area (Å²) in [6.07, 6.45) is -0.579. The Morgan fingerprint density at radius 3 is 2.80 bits per heavy atom. The number of hydrogen-bond donors (Lipinski definition) is 3. The molecule has 2 amide bonds. The van der Waals surface area contributed by atoms with Crippen LogP contribution >= 0.6 is 11.3 Å². The fourth-order valence-electron chi connectivity index (χ4n) is 3.49. The van der Waals surface area contributed by atoms with E-state index in [0.29, 0.717) is 30.1 Å². The number of aromatic nitrogens is 1. The Bertz CT molecular complexity index is 1110. The number of carbonyl (C=O) groups excluding carboxylic acids is 1. The van der Waals surface area contributed by atoms with Crippen molar-refractivity contribution in [1.82, 2.24) is 9.88 Å². The average molecular weight is 424 g/mol. The van der Waals surface area contributed by atoms with Crippen molar-refractivity contribution in [2.75, 3.05) is 24.7 Å². The quantitative estimate of drug-likeness (QED) is 0.551. The third-order valence-corrected chi connectivity index (χ3v) is 6.08. The van der Waals surface area contributed by atoms with Gasteiger partial charge in [-0.2, -0.15) is 0 Å². The molecule has 0 saturated heterocycles. The number of ether oxygens (including phenoxy) is 1. The number of fused-ring (bicyclic) bond motifs is 1. The largest absolute Gasteiger partial charge is 0.497 e. The Labute approximate surface area is 176 Å². The maximum Gasteiger partial charge on any atom is 0.408 e. The second-order valence-corrected chi connectivity index (χ2v) is 7.81. The van der Waals surface area contributed by atoms with Gasteiger partial charge in [0.05, 0.1) is 35.1 Å². The van der Waals surface area contributed by atoms with E-state index in [1.165, 1.54) is 16.2 Å². The van der Waals surface area contributed by atoms with E-state index in [4.69, 9.17) is 10.5 Å². The number of amides is 2. The number of nitrogen functional groups attached to an aromatic ring is 1. The molecule has 2 aromatic carbocycles. The number of para-hydroxylation sites is 2. The van der Waals surface area contributed by atoms with Crippen molar-refractivity contribution in [3.8, 4) is 5.75 Å². The van der Waals surface area contributed by atoms with Gasteiger partial charge in [-0.25, -0.2) is 9.78 Å². The van der Waals surface area contributed by atoms with Crippen LogP contribution in [0.2, 0.25) is 0 Å². The zero-order chi connectivity index (χ0) is 21.3. The van der Waals surface area contributed by atoms with Crippen LogP contribution in [0.3, 0.4) is 0 Å². The van der Waals surface area contributed by atoms with Gasteiger partial charge in [-0.1, -0.05) is 24.3 Å². The van der Waals surface area contributed by atoms with E-state index in [1.807, 2.05) is 12.1 Å². The van der Waals surface area contributed by atoms with Crippen LogP contribution in [-0.2, 0) is 6.42 Å². The van der Waals surface area contributed by atoms with Crippen molar-refractivity contribution in [3.05, 3.63) is 69.7 Å². The number of hydrogen-bond acceptors (Lipinski definition) is 6. The minimum Gasteiger partial charge on any atom is -0.497 e. The second-order valence-electron chi connectivity index (χ2n) is 6.78. The molecule has 1 aromatic heterocycles. The van der Waals surface area contributed by atoms with Crippen molar-refractivity contribution < 1.29 is 19.4 Å². The first kappa shape index (κ1) is 19.7. The van der Waals surface area contributed by atoms with E-state index in [-0.39, 0.29) is 10.9 Å². The second kappa shape index (κ2) is 8.03. The van der Waals surface area contributed by atoms with Gasteiger partial charge in [0.15, 0.2) is 5.01 Å². The van der Waals surface area contributed by atoms with Gasteiger partial charge in [0, 0.05) is 13.0 Å². The number of methoxy groups -OCH3 is 1. The average Bonchev–Trinajstić information content (AvgIpc) is 3.19. The first-order chi connectivity index (χ1) is 14.5. The molecular formula is C21H20N4O4S. The predicted molar refractivity (Wildman–Crippen MR) is 114 cm³/mol. The lowest BCUT2D eigenvalue weighted by molar-refractivity contribution is 0.102. The van der Waals surface area contributed by atoms with Gasteiger partial charge < -0.3 is 20.9 Å². The van der Waals surface area contributed by atoms with Gasteiger partial charge in [-0.05, 0) is 29.8 Å². The Hall–Kier alpha value is -3.59. The normalized spacial score (nSPS) is 15.4. The summed E-state index contributed by atoms with van der Waals surface area (Å²) in [5.74, 6) is 0.255. The van der Waals surface area contributed by atoms with E-state index >= 15 is 0 Å². The molecule has 4 N–H and O–H groups in total. The molecule has 0 bridgehead atoms. The monoisotopic (exact) mass is 424 g/mol. The van der Waals surface area contributed by atoms with Gasteiger partial charge in [0.25, 0.3) is 5.91 Å². The number of nitrogens with zero attached hydrogens (tertiary/aromatic N) is 2. The van der Waals surface area contributed by atoms with Gasteiger partial charge in [-0.15, -0.1) is 11.3 Å². The molecule has 1 unspecified atom stereocenters. The highest BCUT2D eigenvalue weighted by atomic mass is 32.1. The summed E-state index contributed by atoms with van der Waals surface area (Å²) in [4.78, 5) is 31.3. The fraction of sp³-hybridized carbons (Fsp3) is 0.190. The molecule has 0 spiro atoms. The SMILES string of the molecule is COc1cccc(C2c3sc(C(=O)Nc4ccccc4N)nc3CCN2C(=O)O)c1. The van der Waals surface area contributed by atoms with Crippen LogP contribution in [0.25, 0.3) is 0 Å². The summed E-state index contributed by atoms with van der Waals surface area (Å²) in [5, 5.41) is 12.8. The smallest absolute Gasteiger partial charge is 0.408 e. The number of carboxylic acid groups (broad SMARTS) is 1. The third-order valence-electron chi connectivity index (χ3n) is 4.94. The summed E-state index contributed by atoms with van der Waals surface area (Å²) >= 11 is 1.20. The zero-order valence-electron chi connectivity index (χ0n) is 16.2. The third kappa shape index (κ3) is 3.67. The molecule has 3 aromatic rings. The first-order valence-corrected chi connectivity index (χ1v) is 10.1. The molecule has 9 heteroatoms. The lowest BCUT2D eigenvalue weighted by atomic mass is 9.98. The number of carbonyl (C=O) groups is 2. The summed E-state index contributed by atoms with van der Waals surface area (Å²) in [5.41, 5.74) is 8.37. The van der Waals surface area contributed by atoms with Gasteiger partial charge in [0.2, 0.25) is 0 Å².